The van der Waals surface area contributed by atoms with Crippen LogP contribution in [0, 0.1) is 12.8 Å². The molecule has 0 aliphatic heterocycles. The van der Waals surface area contributed by atoms with E-state index in [2.05, 4.69) is 13.0 Å². The van der Waals surface area contributed by atoms with Gasteiger partial charge < -0.3 is 15.6 Å². The van der Waals surface area contributed by atoms with Crippen LogP contribution in [0.15, 0.2) is 18.2 Å². The first-order valence-corrected chi connectivity index (χ1v) is 5.64. The molecule has 1 aromatic rings. The maximum atomic E-state index is 9.27. The Morgan fingerprint density at radius 1 is 1.56 bits per heavy atom. The first kappa shape index (κ1) is 11.4. The van der Waals surface area contributed by atoms with Gasteiger partial charge in [0.15, 0.2) is 0 Å². The van der Waals surface area contributed by atoms with Crippen molar-refractivity contribution in [2.45, 2.75) is 18.8 Å². The molecule has 3 heteroatoms. The summed E-state index contributed by atoms with van der Waals surface area (Å²) in [4.78, 5) is 0. The van der Waals surface area contributed by atoms with Crippen LogP contribution in [0.2, 0.25) is 0 Å². The summed E-state index contributed by atoms with van der Waals surface area (Å²) < 4.78 is 5.38. The van der Waals surface area contributed by atoms with Gasteiger partial charge in [-0.3, -0.25) is 0 Å². The number of aliphatic hydroxyl groups is 1. The molecule has 3 N–H and O–H groups in total. The van der Waals surface area contributed by atoms with Crippen molar-refractivity contribution >= 4 is 0 Å². The van der Waals surface area contributed by atoms with Crippen molar-refractivity contribution in [3.63, 3.8) is 0 Å². The Balaban J connectivity index is 2.42. The number of aliphatic hydroxyl groups excluding tert-OH is 1. The van der Waals surface area contributed by atoms with Crippen molar-refractivity contribution in [3.05, 3.63) is 29.3 Å². The Morgan fingerprint density at radius 2 is 2.31 bits per heavy atom. The van der Waals surface area contributed by atoms with Gasteiger partial charge in [0.2, 0.25) is 0 Å². The lowest BCUT2D eigenvalue weighted by atomic mass is 9.91. The van der Waals surface area contributed by atoms with E-state index in [9.17, 15) is 5.11 Å². The lowest BCUT2D eigenvalue weighted by molar-refractivity contribution is 0.263. The molecule has 1 fully saturated rings. The van der Waals surface area contributed by atoms with Crippen molar-refractivity contribution in [3.8, 4) is 5.75 Å². The van der Waals surface area contributed by atoms with Crippen LogP contribution in [0.5, 0.6) is 5.75 Å². The quantitative estimate of drug-likeness (QED) is 0.803. The fraction of sp³-hybridized carbons (Fsp3) is 0.538. The van der Waals surface area contributed by atoms with Crippen LogP contribution in [-0.4, -0.2) is 25.4 Å². The van der Waals surface area contributed by atoms with Gasteiger partial charge in [-0.15, -0.1) is 0 Å². The second kappa shape index (κ2) is 4.07. The van der Waals surface area contributed by atoms with E-state index in [0.29, 0.717) is 6.54 Å². The minimum atomic E-state index is -0.0634. The van der Waals surface area contributed by atoms with Crippen LogP contribution >= 0.6 is 0 Å². The molecule has 0 spiro atoms. The summed E-state index contributed by atoms with van der Waals surface area (Å²) >= 11 is 0. The van der Waals surface area contributed by atoms with E-state index in [-0.39, 0.29) is 17.9 Å². The van der Waals surface area contributed by atoms with Gasteiger partial charge in [-0.1, -0.05) is 17.7 Å². The Bertz CT molecular complexity index is 392. The molecule has 2 unspecified atom stereocenters. The number of aryl methyl sites for hydroxylation is 1. The highest BCUT2D eigenvalue weighted by molar-refractivity contribution is 5.47. The van der Waals surface area contributed by atoms with Gasteiger partial charge in [-0.2, -0.15) is 0 Å². The Kier molecular flexibility index (Phi) is 2.91. The minimum absolute atomic E-state index is 0.0634. The Hall–Kier alpha value is -1.06. The normalized spacial score (nSPS) is 27.9. The molecule has 1 aromatic carbocycles. The zero-order valence-corrected chi connectivity index (χ0v) is 9.86. The average molecular weight is 221 g/mol. The highest BCUT2D eigenvalue weighted by Gasteiger charge is 2.55. The summed E-state index contributed by atoms with van der Waals surface area (Å²) in [6.07, 6.45) is 0.958. The van der Waals surface area contributed by atoms with Crippen LogP contribution in [-0.2, 0) is 5.41 Å². The number of methoxy groups -OCH3 is 1. The Morgan fingerprint density at radius 3 is 2.81 bits per heavy atom. The molecule has 16 heavy (non-hydrogen) atoms. The van der Waals surface area contributed by atoms with Crippen LogP contribution < -0.4 is 10.5 Å². The fourth-order valence-corrected chi connectivity index (χ4v) is 2.52. The predicted octanol–water partition coefficient (Wildman–Crippen LogP) is 1.21. The van der Waals surface area contributed by atoms with E-state index < -0.39 is 0 Å². The van der Waals surface area contributed by atoms with E-state index in [1.54, 1.807) is 7.11 Å². The monoisotopic (exact) mass is 221 g/mol. The van der Waals surface area contributed by atoms with Gasteiger partial charge in [0.05, 0.1) is 7.11 Å². The molecule has 3 nitrogen and oxygen atoms in total. The maximum Gasteiger partial charge on any atom is 0.122 e. The standard InChI is InChI=1S/C13H19NO2/c1-9-3-4-12(16-2)11(5-9)13(8-14)6-10(13)7-15/h3-5,10,15H,6-8,14H2,1-2H3. The second-order valence-electron chi connectivity index (χ2n) is 4.65. The summed E-state index contributed by atoms with van der Waals surface area (Å²) in [5.41, 5.74) is 8.16. The highest BCUT2D eigenvalue weighted by atomic mass is 16.5. The van der Waals surface area contributed by atoms with E-state index >= 15 is 0 Å². The maximum absolute atomic E-state index is 9.27. The molecule has 0 aromatic heterocycles. The van der Waals surface area contributed by atoms with E-state index in [0.717, 1.165) is 17.7 Å². The molecular weight excluding hydrogens is 202 g/mol. The number of benzene rings is 1. The smallest absolute Gasteiger partial charge is 0.122 e. The number of ether oxygens (including phenoxy) is 1. The topological polar surface area (TPSA) is 55.5 Å². The van der Waals surface area contributed by atoms with Gasteiger partial charge >= 0.3 is 0 Å². The van der Waals surface area contributed by atoms with Crippen LogP contribution in [0.1, 0.15) is 17.5 Å². The average Bonchev–Trinajstić information content (AvgIpc) is 3.04. The van der Waals surface area contributed by atoms with E-state index in [1.807, 2.05) is 12.1 Å². The van der Waals surface area contributed by atoms with Crippen molar-refractivity contribution in [1.29, 1.82) is 0 Å². The molecule has 0 radical (unpaired) electrons. The predicted molar refractivity (Wildman–Crippen MR) is 63.7 cm³/mol. The minimum Gasteiger partial charge on any atom is -0.496 e. The highest BCUT2D eigenvalue weighted by Crippen LogP contribution is 2.55. The summed E-state index contributed by atoms with van der Waals surface area (Å²) in [5, 5.41) is 9.27. The number of rotatable bonds is 4. The summed E-state index contributed by atoms with van der Waals surface area (Å²) in [6, 6.07) is 6.14. The number of hydrogen-bond acceptors (Lipinski definition) is 3. The van der Waals surface area contributed by atoms with E-state index in [1.165, 1.54) is 5.56 Å². The molecular formula is C13H19NO2. The van der Waals surface area contributed by atoms with Crippen LogP contribution in [0.25, 0.3) is 0 Å². The van der Waals surface area contributed by atoms with Crippen molar-refractivity contribution < 1.29 is 9.84 Å². The van der Waals surface area contributed by atoms with Crippen LogP contribution in [0.4, 0.5) is 0 Å². The molecule has 0 amide bonds. The van der Waals surface area contributed by atoms with Crippen molar-refractivity contribution in [2.24, 2.45) is 11.7 Å². The summed E-state index contributed by atoms with van der Waals surface area (Å²) in [6.45, 7) is 2.83. The number of nitrogens with two attached hydrogens (primary N) is 1. The first-order chi connectivity index (χ1) is 7.67. The third-order valence-corrected chi connectivity index (χ3v) is 3.71. The van der Waals surface area contributed by atoms with Crippen molar-refractivity contribution in [2.75, 3.05) is 20.3 Å². The lowest BCUT2D eigenvalue weighted by Crippen LogP contribution is -2.24. The molecule has 2 atom stereocenters. The molecule has 1 aliphatic carbocycles. The van der Waals surface area contributed by atoms with Gasteiger partial charge in [-0.25, -0.2) is 0 Å². The third kappa shape index (κ3) is 1.60. The zero-order valence-electron chi connectivity index (χ0n) is 9.86. The molecule has 0 heterocycles. The lowest BCUT2D eigenvalue weighted by Gasteiger charge is -2.19. The second-order valence-corrected chi connectivity index (χ2v) is 4.65. The molecule has 88 valence electrons. The van der Waals surface area contributed by atoms with Gasteiger partial charge in [0.25, 0.3) is 0 Å². The first-order valence-electron chi connectivity index (χ1n) is 5.64. The van der Waals surface area contributed by atoms with Gasteiger partial charge in [-0.05, 0) is 25.3 Å². The number of hydrogen-bond donors (Lipinski definition) is 2. The molecule has 1 aliphatic rings. The largest absolute Gasteiger partial charge is 0.496 e. The zero-order chi connectivity index (χ0) is 11.8. The van der Waals surface area contributed by atoms with Gasteiger partial charge in [0.1, 0.15) is 5.75 Å². The van der Waals surface area contributed by atoms with Crippen molar-refractivity contribution in [1.82, 2.24) is 0 Å². The van der Waals surface area contributed by atoms with Gasteiger partial charge in [0, 0.05) is 24.1 Å². The summed E-state index contributed by atoms with van der Waals surface area (Å²) in [7, 11) is 1.68. The fourth-order valence-electron chi connectivity index (χ4n) is 2.52. The molecule has 0 bridgehead atoms. The van der Waals surface area contributed by atoms with E-state index in [4.69, 9.17) is 10.5 Å². The Labute approximate surface area is 96.2 Å². The SMILES string of the molecule is COc1ccc(C)cc1C1(CN)CC1CO. The van der Waals surface area contributed by atoms with Crippen LogP contribution in [0.3, 0.4) is 0 Å². The molecule has 2 rings (SSSR count). The molecule has 0 saturated heterocycles. The third-order valence-electron chi connectivity index (χ3n) is 3.71. The molecule has 1 saturated carbocycles. The summed E-state index contributed by atoms with van der Waals surface area (Å²) in [5.74, 6) is 1.17.